The highest BCUT2D eigenvalue weighted by Crippen LogP contribution is 2.24. The molecule has 0 radical (unpaired) electrons. The largest absolute Gasteiger partial charge is 0.451 e. The molecule has 0 aliphatic carbocycles. The predicted molar refractivity (Wildman–Crippen MR) is 124 cm³/mol. The molecule has 1 amide bonds. The fraction of sp³-hybridized carbons (Fsp3) is 0.100. The molecule has 0 bridgehead atoms. The van der Waals surface area contributed by atoms with E-state index in [0.29, 0.717) is 5.76 Å². The minimum atomic E-state index is -0.389. The SMILES string of the molecule is CCc1cc(I)ccc1NC(=S)NC(=O)c1ccc(-c2ccc(Br)cc2)o1. The van der Waals surface area contributed by atoms with Gasteiger partial charge in [-0.2, -0.15) is 0 Å². The minimum absolute atomic E-state index is 0.204. The van der Waals surface area contributed by atoms with Gasteiger partial charge in [0.25, 0.3) is 5.91 Å². The number of hydrogen-bond acceptors (Lipinski definition) is 3. The number of carbonyl (C=O) groups excluding carboxylic acids is 1. The van der Waals surface area contributed by atoms with Crippen molar-refractivity contribution in [1.29, 1.82) is 0 Å². The number of rotatable bonds is 4. The van der Waals surface area contributed by atoms with Gasteiger partial charge in [0, 0.05) is 19.3 Å². The van der Waals surface area contributed by atoms with Crippen molar-refractivity contribution < 1.29 is 9.21 Å². The number of anilines is 1. The van der Waals surface area contributed by atoms with Crippen LogP contribution in [0, 0.1) is 3.57 Å². The third-order valence-electron chi connectivity index (χ3n) is 3.88. The van der Waals surface area contributed by atoms with Gasteiger partial charge in [-0.1, -0.05) is 35.0 Å². The van der Waals surface area contributed by atoms with Crippen molar-refractivity contribution in [3.63, 3.8) is 0 Å². The van der Waals surface area contributed by atoms with Gasteiger partial charge in [-0.3, -0.25) is 10.1 Å². The van der Waals surface area contributed by atoms with Crippen LogP contribution in [0.3, 0.4) is 0 Å². The molecular formula is C20H16BrIN2O2S. The fourth-order valence-electron chi connectivity index (χ4n) is 2.52. The van der Waals surface area contributed by atoms with Crippen molar-refractivity contribution in [1.82, 2.24) is 5.32 Å². The van der Waals surface area contributed by atoms with Gasteiger partial charge in [0.15, 0.2) is 10.9 Å². The number of carbonyl (C=O) groups is 1. The van der Waals surface area contributed by atoms with E-state index in [1.54, 1.807) is 12.1 Å². The van der Waals surface area contributed by atoms with Crippen LogP contribution in [-0.2, 0) is 6.42 Å². The van der Waals surface area contributed by atoms with E-state index in [4.69, 9.17) is 16.6 Å². The summed E-state index contributed by atoms with van der Waals surface area (Å²) in [6.07, 6.45) is 0.866. The fourth-order valence-corrected chi connectivity index (χ4v) is 3.55. The minimum Gasteiger partial charge on any atom is -0.451 e. The zero-order chi connectivity index (χ0) is 19.4. The molecule has 7 heteroatoms. The van der Waals surface area contributed by atoms with Crippen molar-refractivity contribution in [2.24, 2.45) is 0 Å². The lowest BCUT2D eigenvalue weighted by Crippen LogP contribution is -2.34. The van der Waals surface area contributed by atoms with Crippen molar-refractivity contribution in [2.75, 3.05) is 5.32 Å². The maximum atomic E-state index is 12.4. The molecule has 0 saturated heterocycles. The normalized spacial score (nSPS) is 10.5. The standard InChI is InChI=1S/C20H16BrIN2O2S/c1-2-12-11-15(22)7-8-16(12)23-20(27)24-19(25)18-10-9-17(26-18)13-3-5-14(21)6-4-13/h3-11H,2H2,1H3,(H2,23,24,25,27). The molecule has 0 spiro atoms. The molecule has 138 valence electrons. The van der Waals surface area contributed by atoms with Crippen molar-refractivity contribution in [3.8, 4) is 11.3 Å². The van der Waals surface area contributed by atoms with Gasteiger partial charge in [-0.15, -0.1) is 0 Å². The average molecular weight is 555 g/mol. The first-order chi connectivity index (χ1) is 13.0. The van der Waals surface area contributed by atoms with E-state index in [1.807, 2.05) is 36.4 Å². The van der Waals surface area contributed by atoms with Crippen LogP contribution in [0.4, 0.5) is 5.69 Å². The van der Waals surface area contributed by atoms with Gasteiger partial charge in [0.05, 0.1) is 0 Å². The lowest BCUT2D eigenvalue weighted by Gasteiger charge is -2.12. The molecule has 27 heavy (non-hydrogen) atoms. The number of thiocarbonyl (C=S) groups is 1. The van der Waals surface area contributed by atoms with Crippen LogP contribution < -0.4 is 10.6 Å². The first-order valence-electron chi connectivity index (χ1n) is 8.23. The predicted octanol–water partition coefficient (Wildman–Crippen LogP) is 6.00. The number of hydrogen-bond donors (Lipinski definition) is 2. The summed E-state index contributed by atoms with van der Waals surface area (Å²) >= 11 is 10.9. The number of aryl methyl sites for hydroxylation is 1. The zero-order valence-electron chi connectivity index (χ0n) is 14.4. The second-order valence-corrected chi connectivity index (χ2v) is 8.30. The molecule has 0 saturated carbocycles. The highest BCUT2D eigenvalue weighted by molar-refractivity contribution is 14.1. The maximum absolute atomic E-state index is 12.4. The van der Waals surface area contributed by atoms with Gasteiger partial charge in [0.2, 0.25) is 0 Å². The van der Waals surface area contributed by atoms with Crippen molar-refractivity contribution in [2.45, 2.75) is 13.3 Å². The van der Waals surface area contributed by atoms with Gasteiger partial charge >= 0.3 is 0 Å². The Morgan fingerprint density at radius 3 is 2.59 bits per heavy atom. The summed E-state index contributed by atoms with van der Waals surface area (Å²) < 4.78 is 7.80. The second kappa shape index (κ2) is 8.99. The summed E-state index contributed by atoms with van der Waals surface area (Å²) in [5.41, 5.74) is 2.91. The van der Waals surface area contributed by atoms with E-state index < -0.39 is 0 Å². The third kappa shape index (κ3) is 5.18. The number of halogens is 2. The summed E-state index contributed by atoms with van der Waals surface area (Å²) in [6.45, 7) is 2.07. The van der Waals surface area contributed by atoms with Crippen LogP contribution in [-0.4, -0.2) is 11.0 Å². The number of amides is 1. The lowest BCUT2D eigenvalue weighted by molar-refractivity contribution is 0.0951. The number of benzene rings is 2. The third-order valence-corrected chi connectivity index (χ3v) is 5.29. The monoisotopic (exact) mass is 554 g/mol. The molecule has 0 atom stereocenters. The van der Waals surface area contributed by atoms with Gasteiger partial charge < -0.3 is 9.73 Å². The van der Waals surface area contributed by atoms with Crippen molar-refractivity contribution >= 4 is 67.4 Å². The van der Waals surface area contributed by atoms with Crippen LogP contribution in [0.25, 0.3) is 11.3 Å². The summed E-state index contributed by atoms with van der Waals surface area (Å²) in [7, 11) is 0. The Labute approximate surface area is 185 Å². The molecule has 3 rings (SSSR count). The van der Waals surface area contributed by atoms with Crippen LogP contribution in [0.1, 0.15) is 23.0 Å². The van der Waals surface area contributed by atoms with Crippen LogP contribution >= 0.6 is 50.7 Å². The Bertz CT molecular complexity index is 986. The lowest BCUT2D eigenvalue weighted by atomic mass is 10.1. The Balaban J connectivity index is 1.67. The zero-order valence-corrected chi connectivity index (χ0v) is 18.9. The summed E-state index contributed by atoms with van der Waals surface area (Å²) in [6, 6.07) is 17.1. The van der Waals surface area contributed by atoms with Gasteiger partial charge in [-0.25, -0.2) is 0 Å². The van der Waals surface area contributed by atoms with Gasteiger partial charge in [0.1, 0.15) is 5.76 Å². The molecule has 2 N–H and O–H groups in total. The molecule has 3 aromatic rings. The highest BCUT2D eigenvalue weighted by atomic mass is 127. The summed E-state index contributed by atoms with van der Waals surface area (Å²) in [5.74, 6) is 0.437. The smallest absolute Gasteiger partial charge is 0.293 e. The maximum Gasteiger partial charge on any atom is 0.293 e. The van der Waals surface area contributed by atoms with E-state index in [0.717, 1.165) is 31.3 Å². The Morgan fingerprint density at radius 1 is 1.15 bits per heavy atom. The molecule has 0 aliphatic rings. The molecule has 2 aromatic carbocycles. The average Bonchev–Trinajstić information content (AvgIpc) is 3.14. The molecule has 4 nitrogen and oxygen atoms in total. The van der Waals surface area contributed by atoms with E-state index in [-0.39, 0.29) is 16.8 Å². The first-order valence-corrected chi connectivity index (χ1v) is 10.5. The molecule has 0 aliphatic heterocycles. The molecular weight excluding hydrogens is 539 g/mol. The van der Waals surface area contributed by atoms with Crippen LogP contribution in [0.2, 0.25) is 0 Å². The van der Waals surface area contributed by atoms with E-state index in [1.165, 1.54) is 0 Å². The Kier molecular flexibility index (Phi) is 6.67. The van der Waals surface area contributed by atoms with E-state index >= 15 is 0 Å². The molecule has 0 fully saturated rings. The highest BCUT2D eigenvalue weighted by Gasteiger charge is 2.14. The summed E-state index contributed by atoms with van der Waals surface area (Å²) in [4.78, 5) is 12.4. The van der Waals surface area contributed by atoms with E-state index in [9.17, 15) is 4.79 Å². The molecule has 0 unspecified atom stereocenters. The van der Waals surface area contributed by atoms with Crippen molar-refractivity contribution in [3.05, 3.63) is 74.0 Å². The topological polar surface area (TPSA) is 54.3 Å². The van der Waals surface area contributed by atoms with E-state index in [2.05, 4.69) is 62.1 Å². The van der Waals surface area contributed by atoms with Crippen LogP contribution in [0.15, 0.2) is 63.5 Å². The summed E-state index contributed by atoms with van der Waals surface area (Å²) in [5, 5.41) is 5.98. The number of nitrogens with one attached hydrogen (secondary N) is 2. The number of furan rings is 1. The first kappa shape index (κ1) is 20.0. The quantitative estimate of drug-likeness (QED) is 0.307. The van der Waals surface area contributed by atoms with Gasteiger partial charge in [-0.05, 0) is 89.3 Å². The van der Waals surface area contributed by atoms with Crippen LogP contribution in [0.5, 0.6) is 0 Å². The Hall–Kier alpha value is -1.71. The molecule has 1 heterocycles. The molecule has 1 aromatic heterocycles. The second-order valence-electron chi connectivity index (χ2n) is 5.73. The Morgan fingerprint density at radius 2 is 1.89 bits per heavy atom.